The highest BCUT2D eigenvalue weighted by molar-refractivity contribution is 8.02. The van der Waals surface area contributed by atoms with E-state index >= 15 is 0 Å². The predicted molar refractivity (Wildman–Crippen MR) is 127 cm³/mol. The maximum absolute atomic E-state index is 13.0. The van der Waals surface area contributed by atoms with Crippen LogP contribution in [0.4, 0.5) is 0 Å². The number of thioether (sulfide) groups is 1. The Morgan fingerprint density at radius 2 is 1.90 bits per heavy atom. The van der Waals surface area contributed by atoms with Crippen LogP contribution in [-0.4, -0.2) is 47.1 Å². The number of hydrogen-bond acceptors (Lipinski definition) is 4. The lowest BCUT2D eigenvalue weighted by Gasteiger charge is -2.40. The first kappa shape index (κ1) is 25.5. The molecule has 0 radical (unpaired) electrons. The van der Waals surface area contributed by atoms with E-state index in [1.807, 2.05) is 18.7 Å². The van der Waals surface area contributed by atoms with E-state index in [2.05, 4.69) is 48.5 Å². The van der Waals surface area contributed by atoms with Crippen molar-refractivity contribution in [3.8, 4) is 12.8 Å². The van der Waals surface area contributed by atoms with Gasteiger partial charge in [-0.2, -0.15) is 0 Å². The third-order valence-corrected chi connectivity index (χ3v) is 7.36. The number of carbonyl (C=O) groups is 1. The Hall–Kier alpha value is -1.54. The number of piperidine rings is 2. The molecule has 2 aliphatic heterocycles. The molecule has 29 heavy (non-hydrogen) atoms. The molecule has 2 unspecified atom stereocenters. The van der Waals surface area contributed by atoms with E-state index in [-0.39, 0.29) is 5.91 Å². The van der Waals surface area contributed by atoms with Gasteiger partial charge in [0, 0.05) is 37.0 Å². The lowest BCUT2D eigenvalue weighted by Crippen LogP contribution is -2.48. The molecular formula is C24H41N3OS. The minimum Gasteiger partial charge on any atom is -0.386 e. The average molecular weight is 420 g/mol. The van der Waals surface area contributed by atoms with Crippen LogP contribution in [0, 0.1) is 24.7 Å². The molecule has 0 aromatic carbocycles. The Bertz CT molecular complexity index is 564. The van der Waals surface area contributed by atoms with E-state index < -0.39 is 0 Å². The Balaban J connectivity index is 0.00000204. The molecule has 0 bridgehead atoms. The molecule has 2 N–H and O–H groups in total. The first-order valence-electron chi connectivity index (χ1n) is 11.1. The number of amides is 1. The summed E-state index contributed by atoms with van der Waals surface area (Å²) in [7, 11) is 0. The van der Waals surface area contributed by atoms with Crippen molar-refractivity contribution in [2.24, 2.45) is 17.6 Å². The van der Waals surface area contributed by atoms with Gasteiger partial charge in [0.15, 0.2) is 0 Å². The third-order valence-electron chi connectivity index (χ3n) is 6.18. The van der Waals surface area contributed by atoms with E-state index in [9.17, 15) is 4.79 Å². The molecule has 0 aromatic heterocycles. The van der Waals surface area contributed by atoms with Gasteiger partial charge in [0.05, 0.1) is 5.82 Å². The number of terminal acetylenes is 1. The average Bonchev–Trinajstić information content (AvgIpc) is 2.74. The summed E-state index contributed by atoms with van der Waals surface area (Å²) < 4.78 is 0. The number of carbonyl (C=O) groups excluding carboxylic acids is 1. The van der Waals surface area contributed by atoms with Crippen molar-refractivity contribution in [1.82, 2.24) is 9.80 Å². The topological polar surface area (TPSA) is 49.6 Å². The van der Waals surface area contributed by atoms with E-state index in [4.69, 9.17) is 5.73 Å². The van der Waals surface area contributed by atoms with Crippen molar-refractivity contribution >= 4 is 17.7 Å². The van der Waals surface area contributed by atoms with Crippen LogP contribution in [-0.2, 0) is 4.79 Å². The number of nitrogens with two attached hydrogens (primary N) is 1. The van der Waals surface area contributed by atoms with Crippen molar-refractivity contribution in [2.45, 2.75) is 71.8 Å². The van der Waals surface area contributed by atoms with Crippen LogP contribution < -0.4 is 5.73 Å². The molecule has 2 fully saturated rings. The molecule has 2 rings (SSSR count). The van der Waals surface area contributed by atoms with Crippen molar-refractivity contribution in [3.05, 3.63) is 23.4 Å². The summed E-state index contributed by atoms with van der Waals surface area (Å²) in [6.07, 6.45) is 16.3. The van der Waals surface area contributed by atoms with Gasteiger partial charge >= 0.3 is 0 Å². The Labute approximate surface area is 183 Å². The molecule has 0 aromatic rings. The highest BCUT2D eigenvalue weighted by Gasteiger charge is 2.31. The zero-order chi connectivity index (χ0) is 21.8. The quantitative estimate of drug-likeness (QED) is 0.452. The normalized spacial score (nSPS) is 23.3. The minimum absolute atomic E-state index is 0.254. The van der Waals surface area contributed by atoms with E-state index in [0.29, 0.717) is 23.7 Å². The molecule has 2 saturated heterocycles. The number of unbranched alkanes of at least 4 members (excludes halogenated alkanes) is 1. The van der Waals surface area contributed by atoms with Crippen molar-refractivity contribution < 1.29 is 4.79 Å². The predicted octanol–water partition coefficient (Wildman–Crippen LogP) is 4.83. The summed E-state index contributed by atoms with van der Waals surface area (Å²) in [6, 6.07) is 0.424. The molecular weight excluding hydrogens is 378 g/mol. The molecule has 4 nitrogen and oxygen atoms in total. The van der Waals surface area contributed by atoms with Crippen molar-refractivity contribution in [3.63, 3.8) is 0 Å². The van der Waals surface area contributed by atoms with E-state index in [1.54, 1.807) is 0 Å². The second kappa shape index (κ2) is 13.6. The maximum Gasteiger partial charge on any atom is 0.250 e. The molecule has 1 amide bonds. The molecule has 0 spiro atoms. The number of hydrogen-bond donors (Lipinski definition) is 1. The summed E-state index contributed by atoms with van der Waals surface area (Å²) in [5.41, 5.74) is 6.69. The molecule has 2 heterocycles. The zero-order valence-corrected chi connectivity index (χ0v) is 19.6. The summed E-state index contributed by atoms with van der Waals surface area (Å²) in [5.74, 6) is 3.36. The van der Waals surface area contributed by atoms with Crippen LogP contribution in [0.5, 0.6) is 0 Å². The third kappa shape index (κ3) is 8.01. The van der Waals surface area contributed by atoms with Crippen molar-refractivity contribution in [2.75, 3.05) is 25.4 Å². The maximum atomic E-state index is 13.0. The highest BCUT2D eigenvalue weighted by Crippen LogP contribution is 2.29. The van der Waals surface area contributed by atoms with Gasteiger partial charge in [-0.05, 0) is 56.3 Å². The molecule has 2 aliphatic rings. The Morgan fingerprint density at radius 1 is 1.24 bits per heavy atom. The monoisotopic (exact) mass is 419 g/mol. The van der Waals surface area contributed by atoms with Gasteiger partial charge < -0.3 is 15.5 Å². The number of rotatable bonds is 8. The number of likely N-dealkylation sites (tertiary alicyclic amines) is 2. The summed E-state index contributed by atoms with van der Waals surface area (Å²) in [4.78, 5) is 17.4. The summed E-state index contributed by atoms with van der Waals surface area (Å²) in [6.45, 7) is 13.3. The van der Waals surface area contributed by atoms with Gasteiger partial charge in [0.25, 0.3) is 0 Å². The van der Waals surface area contributed by atoms with Gasteiger partial charge in [-0.1, -0.05) is 33.3 Å². The largest absolute Gasteiger partial charge is 0.386 e. The van der Waals surface area contributed by atoms with Crippen LogP contribution in [0.3, 0.4) is 0 Å². The van der Waals surface area contributed by atoms with Crippen LogP contribution in [0.25, 0.3) is 0 Å². The summed E-state index contributed by atoms with van der Waals surface area (Å²) in [5, 5.41) is 2.10. The summed E-state index contributed by atoms with van der Waals surface area (Å²) >= 11 is 1.81. The molecule has 0 saturated carbocycles. The van der Waals surface area contributed by atoms with Gasteiger partial charge in [0.1, 0.15) is 0 Å². The van der Waals surface area contributed by atoms with Crippen LogP contribution in [0.15, 0.2) is 23.4 Å². The van der Waals surface area contributed by atoms with Gasteiger partial charge in [-0.3, -0.25) is 4.79 Å². The number of nitrogens with zero attached hydrogens (tertiary/aromatic N) is 2. The fourth-order valence-corrected chi connectivity index (χ4v) is 5.38. The Morgan fingerprint density at radius 3 is 2.48 bits per heavy atom. The zero-order valence-electron chi connectivity index (χ0n) is 18.7. The van der Waals surface area contributed by atoms with Crippen LogP contribution in [0.2, 0.25) is 0 Å². The van der Waals surface area contributed by atoms with E-state index in [1.165, 1.54) is 19.3 Å². The molecule has 164 valence electrons. The second-order valence-corrected chi connectivity index (χ2v) is 9.29. The standard InChI is InChI=1S/C22H39N3OS.C2H2/c1-5-6-9-21-17(2)8-7-12-25(21)22(26)18(3)15-27-16-20-10-13-24(14-11-20)19(4)23;1-2/h15,17,20-21H,4-14,16,23H2,1-3H3;1-2H/b18-15+;. The van der Waals surface area contributed by atoms with E-state index in [0.717, 1.165) is 56.6 Å². The van der Waals surface area contributed by atoms with Gasteiger partial charge in [-0.25, -0.2) is 0 Å². The first-order valence-corrected chi connectivity index (χ1v) is 12.1. The van der Waals surface area contributed by atoms with Crippen molar-refractivity contribution in [1.29, 1.82) is 0 Å². The SMILES string of the molecule is C#C.C=C(N)N1CCC(CS/C=C(\C)C(=O)N2CCCC(C)C2CCCC)CC1. The van der Waals surface area contributed by atoms with Gasteiger partial charge in [0.2, 0.25) is 5.91 Å². The molecule has 2 atom stereocenters. The minimum atomic E-state index is 0.254. The molecule has 0 aliphatic carbocycles. The fourth-order valence-electron chi connectivity index (χ4n) is 4.33. The fraction of sp³-hybridized carbons (Fsp3) is 0.708. The second-order valence-electron chi connectivity index (χ2n) is 8.38. The smallest absolute Gasteiger partial charge is 0.250 e. The van der Waals surface area contributed by atoms with Crippen LogP contribution in [0.1, 0.15) is 65.7 Å². The van der Waals surface area contributed by atoms with Crippen LogP contribution >= 0.6 is 11.8 Å². The molecule has 5 heteroatoms. The first-order chi connectivity index (χ1) is 13.9. The lowest BCUT2D eigenvalue weighted by atomic mass is 9.87. The van der Waals surface area contributed by atoms with Gasteiger partial charge in [-0.15, -0.1) is 24.6 Å². The highest BCUT2D eigenvalue weighted by atomic mass is 32.2. The lowest BCUT2D eigenvalue weighted by molar-refractivity contribution is -0.132. The Kier molecular flexibility index (Phi) is 12.0.